The number of nitrogens with zero attached hydrogens (tertiary/aromatic N) is 2. The molecule has 1 atom stereocenters. The number of ether oxygens (including phenoxy) is 3. The van der Waals surface area contributed by atoms with Crippen LogP contribution >= 0.6 is 11.8 Å². The molecule has 0 radical (unpaired) electrons. The van der Waals surface area contributed by atoms with Gasteiger partial charge in [0.25, 0.3) is 0 Å². The van der Waals surface area contributed by atoms with Gasteiger partial charge < -0.3 is 19.0 Å². The minimum Gasteiger partial charge on any atom is -0.461 e. The van der Waals surface area contributed by atoms with E-state index in [9.17, 15) is 19.2 Å². The zero-order valence-corrected chi connectivity index (χ0v) is 19.7. The van der Waals surface area contributed by atoms with Gasteiger partial charge in [-0.2, -0.15) is 0 Å². The largest absolute Gasteiger partial charge is 0.461 e. The third-order valence-corrected chi connectivity index (χ3v) is 3.96. The van der Waals surface area contributed by atoms with E-state index in [1.165, 1.54) is 5.41 Å². The predicted molar refractivity (Wildman–Crippen MR) is 113 cm³/mol. The number of carbonyl (C=O) groups excluding carboxylic acids is 4. The van der Waals surface area contributed by atoms with Gasteiger partial charge in [0.1, 0.15) is 11.2 Å². The Bertz CT molecular complexity index is 780. The Morgan fingerprint density at radius 2 is 1.68 bits per heavy atom. The average Bonchev–Trinajstić information content (AvgIpc) is 2.94. The summed E-state index contributed by atoms with van der Waals surface area (Å²) in [5, 5.41) is 7.47. The molecular weight excluding hydrogens is 430 g/mol. The summed E-state index contributed by atoms with van der Waals surface area (Å²) in [6, 6.07) is 0. The number of oxime groups is 1. The predicted octanol–water partition coefficient (Wildman–Crippen LogP) is 3.10. The number of hydrogen-bond acceptors (Lipinski definition) is 10. The fourth-order valence-corrected chi connectivity index (χ4v) is 3.02. The van der Waals surface area contributed by atoms with E-state index in [0.29, 0.717) is 0 Å². The molecule has 0 aliphatic carbocycles. The number of amides is 2. The molecule has 0 aromatic heterocycles. The lowest BCUT2D eigenvalue weighted by atomic mass is 10.2. The molecule has 31 heavy (non-hydrogen) atoms. The van der Waals surface area contributed by atoms with Crippen LogP contribution in [-0.4, -0.2) is 58.0 Å². The fourth-order valence-electron chi connectivity index (χ4n) is 2.05. The molecule has 0 saturated carbocycles. The SMILES string of the molecule is CCOC(=O)/C(=N\OC(C)=O)C1=CSC(NC(=O)OC(C)(C)C)N1C(=O)OC(C)(C)C. The van der Waals surface area contributed by atoms with Gasteiger partial charge in [0.2, 0.25) is 5.71 Å². The monoisotopic (exact) mass is 459 g/mol. The van der Waals surface area contributed by atoms with E-state index < -0.39 is 46.5 Å². The summed E-state index contributed by atoms with van der Waals surface area (Å²) in [4.78, 5) is 54.4. The maximum Gasteiger partial charge on any atom is 0.417 e. The molecule has 0 aromatic rings. The molecule has 1 aliphatic heterocycles. The Morgan fingerprint density at radius 1 is 1.10 bits per heavy atom. The number of nitrogens with one attached hydrogen (secondary N) is 1. The van der Waals surface area contributed by atoms with Crippen molar-refractivity contribution in [3.05, 3.63) is 11.1 Å². The summed E-state index contributed by atoms with van der Waals surface area (Å²) >= 11 is 0.987. The summed E-state index contributed by atoms with van der Waals surface area (Å²) < 4.78 is 15.6. The van der Waals surface area contributed by atoms with E-state index in [2.05, 4.69) is 15.3 Å². The number of alkyl carbamates (subject to hydrolysis) is 1. The summed E-state index contributed by atoms with van der Waals surface area (Å²) in [5.74, 6) is -1.71. The van der Waals surface area contributed by atoms with Crippen LogP contribution in [-0.2, 0) is 28.6 Å². The molecule has 1 unspecified atom stereocenters. The Morgan fingerprint density at radius 3 is 2.16 bits per heavy atom. The van der Waals surface area contributed by atoms with Crippen molar-refractivity contribution in [1.82, 2.24) is 10.2 Å². The van der Waals surface area contributed by atoms with Gasteiger partial charge in [0.15, 0.2) is 5.50 Å². The normalized spacial score (nSPS) is 16.9. The van der Waals surface area contributed by atoms with Crippen molar-refractivity contribution < 1.29 is 38.2 Å². The Kier molecular flexibility index (Phi) is 8.91. The maximum atomic E-state index is 12.9. The first-order valence-corrected chi connectivity index (χ1v) is 10.4. The molecule has 1 heterocycles. The zero-order valence-electron chi connectivity index (χ0n) is 18.9. The van der Waals surface area contributed by atoms with Gasteiger partial charge in [0.05, 0.1) is 12.3 Å². The Labute approximate surface area is 185 Å². The summed E-state index contributed by atoms with van der Waals surface area (Å²) in [6.45, 7) is 12.7. The number of hydrogen-bond donors (Lipinski definition) is 1. The van der Waals surface area contributed by atoms with E-state index in [0.717, 1.165) is 23.6 Å². The highest BCUT2D eigenvalue weighted by Crippen LogP contribution is 2.32. The van der Waals surface area contributed by atoms with Gasteiger partial charge in [-0.3, -0.25) is 5.32 Å². The number of esters is 1. The first-order chi connectivity index (χ1) is 14.1. The first-order valence-electron chi connectivity index (χ1n) is 9.45. The van der Waals surface area contributed by atoms with Crippen LogP contribution in [0.5, 0.6) is 0 Å². The highest BCUT2D eigenvalue weighted by Gasteiger charge is 2.41. The third-order valence-electron chi connectivity index (χ3n) is 3.01. The van der Waals surface area contributed by atoms with Crippen LogP contribution < -0.4 is 5.32 Å². The van der Waals surface area contributed by atoms with Crippen LogP contribution in [0.15, 0.2) is 16.3 Å². The van der Waals surface area contributed by atoms with Crippen LogP contribution in [0.1, 0.15) is 55.4 Å². The molecule has 0 bridgehead atoms. The second-order valence-corrected chi connectivity index (χ2v) is 9.19. The molecule has 11 nitrogen and oxygen atoms in total. The van der Waals surface area contributed by atoms with E-state index in [1.54, 1.807) is 48.5 Å². The molecule has 1 rings (SSSR count). The molecular formula is C19H29N3O8S. The second kappa shape index (κ2) is 10.5. The maximum absolute atomic E-state index is 12.9. The smallest absolute Gasteiger partial charge is 0.417 e. The van der Waals surface area contributed by atoms with Crippen molar-refractivity contribution >= 4 is 41.6 Å². The summed E-state index contributed by atoms with van der Waals surface area (Å²) in [5.41, 5.74) is -3.17. The first kappa shape index (κ1) is 26.3. The topological polar surface area (TPSA) is 133 Å². The molecule has 0 saturated heterocycles. The van der Waals surface area contributed by atoms with E-state index in [-0.39, 0.29) is 12.3 Å². The Balaban J connectivity index is 3.29. The highest BCUT2D eigenvalue weighted by atomic mass is 32.2. The fraction of sp³-hybridized carbons (Fsp3) is 0.632. The average molecular weight is 460 g/mol. The van der Waals surface area contributed by atoms with E-state index in [1.807, 2.05) is 0 Å². The van der Waals surface area contributed by atoms with Crippen molar-refractivity contribution in [3.8, 4) is 0 Å². The lowest BCUT2D eigenvalue weighted by Gasteiger charge is -2.30. The number of rotatable bonds is 5. The van der Waals surface area contributed by atoms with Crippen LogP contribution in [0.4, 0.5) is 9.59 Å². The minimum absolute atomic E-state index is 0.0182. The van der Waals surface area contributed by atoms with Gasteiger partial charge in [-0.05, 0) is 48.5 Å². The van der Waals surface area contributed by atoms with Crippen LogP contribution in [0.2, 0.25) is 0 Å². The van der Waals surface area contributed by atoms with Crippen LogP contribution in [0, 0.1) is 0 Å². The van der Waals surface area contributed by atoms with E-state index in [4.69, 9.17) is 14.2 Å². The zero-order chi connectivity index (χ0) is 24.0. The molecule has 0 aromatic carbocycles. The lowest BCUT2D eigenvalue weighted by molar-refractivity contribution is -0.141. The molecule has 12 heteroatoms. The van der Waals surface area contributed by atoms with Gasteiger partial charge >= 0.3 is 24.1 Å². The minimum atomic E-state index is -1.02. The van der Waals surface area contributed by atoms with Gasteiger partial charge in [-0.1, -0.05) is 16.9 Å². The molecule has 2 amide bonds. The van der Waals surface area contributed by atoms with Crippen LogP contribution in [0.3, 0.4) is 0 Å². The van der Waals surface area contributed by atoms with Gasteiger partial charge in [-0.25, -0.2) is 24.1 Å². The quantitative estimate of drug-likeness (QED) is 0.216. The molecule has 0 fully saturated rings. The van der Waals surface area contributed by atoms with Crippen LogP contribution in [0.25, 0.3) is 0 Å². The third kappa shape index (κ3) is 8.87. The summed E-state index contributed by atoms with van der Waals surface area (Å²) in [6.07, 6.45) is -1.66. The highest BCUT2D eigenvalue weighted by molar-refractivity contribution is 8.03. The molecule has 0 spiro atoms. The van der Waals surface area contributed by atoms with Gasteiger partial charge in [0, 0.05) is 12.3 Å². The molecule has 1 aliphatic rings. The summed E-state index contributed by atoms with van der Waals surface area (Å²) in [7, 11) is 0. The molecule has 174 valence electrons. The van der Waals surface area contributed by atoms with Crippen molar-refractivity contribution in [2.75, 3.05) is 6.61 Å². The van der Waals surface area contributed by atoms with E-state index >= 15 is 0 Å². The molecule has 1 N–H and O–H groups in total. The van der Waals surface area contributed by atoms with Crippen molar-refractivity contribution in [1.29, 1.82) is 0 Å². The number of thioether (sulfide) groups is 1. The van der Waals surface area contributed by atoms with Crippen molar-refractivity contribution in [2.45, 2.75) is 72.1 Å². The Hall–Kier alpha value is -2.76. The van der Waals surface area contributed by atoms with Gasteiger partial charge in [-0.15, -0.1) is 0 Å². The lowest BCUT2D eigenvalue weighted by Crippen LogP contribution is -2.50. The second-order valence-electron chi connectivity index (χ2n) is 8.23. The standard InChI is InChI=1S/C19H29N3O8S/c1-9-27-14(24)13(21-30-11(2)23)12-10-31-15(20-16(25)28-18(3,4)5)22(12)17(26)29-19(6,7)8/h10,15H,9H2,1-8H3,(H,20,25)/b21-13-. The number of carbonyl (C=O) groups is 4. The van der Waals surface area contributed by atoms with Crippen molar-refractivity contribution in [2.24, 2.45) is 5.16 Å². The van der Waals surface area contributed by atoms with Crippen molar-refractivity contribution in [3.63, 3.8) is 0 Å².